The van der Waals surface area contributed by atoms with Crippen LogP contribution in [0, 0.1) is 0 Å². The molecule has 1 aromatic heterocycles. The zero-order valence-corrected chi connectivity index (χ0v) is 22.7. The molecule has 0 aliphatic carbocycles. The molecule has 0 bridgehead atoms. The smallest absolute Gasteiger partial charge is 0.247 e. The number of halogens is 1. The third kappa shape index (κ3) is 6.13. The van der Waals surface area contributed by atoms with Gasteiger partial charge >= 0.3 is 0 Å². The number of anilines is 3. The fourth-order valence-corrected chi connectivity index (χ4v) is 4.80. The second-order valence-electron chi connectivity index (χ2n) is 9.43. The van der Waals surface area contributed by atoms with Crippen LogP contribution in [0.15, 0.2) is 73.4 Å². The summed E-state index contributed by atoms with van der Waals surface area (Å²) in [6.45, 7) is 5.48. The van der Waals surface area contributed by atoms with E-state index in [1.165, 1.54) is 6.08 Å². The van der Waals surface area contributed by atoms with Gasteiger partial charge in [0.2, 0.25) is 11.9 Å². The molecule has 5 rings (SSSR count). The number of piperidine rings is 1. The topological polar surface area (TPSA) is 88.6 Å². The summed E-state index contributed by atoms with van der Waals surface area (Å²) in [6.07, 6.45) is 4.82. The third-order valence-corrected chi connectivity index (χ3v) is 6.93. The average Bonchev–Trinajstić information content (AvgIpc) is 2.95. The first-order valence-electron chi connectivity index (χ1n) is 12.7. The van der Waals surface area contributed by atoms with Crippen LogP contribution < -0.4 is 20.1 Å². The molecular weight excluding hydrogens is 514 g/mol. The van der Waals surface area contributed by atoms with E-state index in [0.29, 0.717) is 33.8 Å². The van der Waals surface area contributed by atoms with Gasteiger partial charge in [0.25, 0.3) is 0 Å². The molecule has 200 valence electrons. The van der Waals surface area contributed by atoms with Crippen LogP contribution in [0.25, 0.3) is 22.0 Å². The van der Waals surface area contributed by atoms with Gasteiger partial charge < -0.3 is 25.0 Å². The summed E-state index contributed by atoms with van der Waals surface area (Å²) in [7, 11) is 3.68. The zero-order valence-electron chi connectivity index (χ0n) is 21.9. The minimum atomic E-state index is -0.340. The Kier molecular flexibility index (Phi) is 7.95. The lowest BCUT2D eigenvalue weighted by atomic mass is 10.0. The van der Waals surface area contributed by atoms with Crippen LogP contribution in [-0.2, 0) is 4.79 Å². The van der Waals surface area contributed by atoms with E-state index in [-0.39, 0.29) is 12.0 Å². The fraction of sp³-hybridized carbons (Fsp3) is 0.233. The second-order valence-corrected chi connectivity index (χ2v) is 9.87. The Morgan fingerprint density at radius 1 is 1.10 bits per heavy atom. The quantitative estimate of drug-likeness (QED) is 0.252. The molecule has 1 fully saturated rings. The van der Waals surface area contributed by atoms with E-state index in [4.69, 9.17) is 26.1 Å². The van der Waals surface area contributed by atoms with Gasteiger partial charge in [0.15, 0.2) is 0 Å². The van der Waals surface area contributed by atoms with Crippen LogP contribution in [0.5, 0.6) is 11.5 Å². The number of hydrogen-bond acceptors (Lipinski definition) is 7. The van der Waals surface area contributed by atoms with Crippen molar-refractivity contribution in [2.24, 2.45) is 0 Å². The van der Waals surface area contributed by atoms with Gasteiger partial charge in [-0.1, -0.05) is 48.5 Å². The van der Waals surface area contributed by atoms with E-state index >= 15 is 0 Å². The van der Waals surface area contributed by atoms with E-state index in [2.05, 4.69) is 34.1 Å². The molecule has 0 spiro atoms. The van der Waals surface area contributed by atoms with Crippen molar-refractivity contribution in [2.45, 2.75) is 18.9 Å². The third-order valence-electron chi connectivity index (χ3n) is 6.70. The number of carbonyl (C=O) groups excluding carboxylic acids is 1. The molecule has 0 saturated carbocycles. The van der Waals surface area contributed by atoms with Gasteiger partial charge in [-0.15, -0.1) is 0 Å². The predicted molar refractivity (Wildman–Crippen MR) is 156 cm³/mol. The highest BCUT2D eigenvalue weighted by Crippen LogP contribution is 2.39. The lowest BCUT2D eigenvalue weighted by Crippen LogP contribution is -2.35. The van der Waals surface area contributed by atoms with Crippen molar-refractivity contribution in [3.05, 3.63) is 78.5 Å². The Labute approximate surface area is 232 Å². The van der Waals surface area contributed by atoms with Gasteiger partial charge in [-0.05, 0) is 49.7 Å². The normalized spacial score (nSPS) is 14.1. The molecule has 0 unspecified atom stereocenters. The number of hydrogen-bond donors (Lipinski definition) is 2. The average molecular weight is 544 g/mol. The lowest BCUT2D eigenvalue weighted by Gasteiger charge is -2.30. The van der Waals surface area contributed by atoms with Crippen molar-refractivity contribution in [3.63, 3.8) is 0 Å². The number of aromatic nitrogens is 2. The van der Waals surface area contributed by atoms with Crippen molar-refractivity contribution in [2.75, 3.05) is 37.9 Å². The minimum absolute atomic E-state index is 0.0397. The Bertz CT molecular complexity index is 1520. The summed E-state index contributed by atoms with van der Waals surface area (Å²) >= 11 is 6.25. The van der Waals surface area contributed by atoms with Crippen LogP contribution in [0.2, 0.25) is 5.02 Å². The van der Waals surface area contributed by atoms with Gasteiger partial charge in [-0.25, -0.2) is 9.97 Å². The number of ether oxygens (including phenoxy) is 2. The van der Waals surface area contributed by atoms with E-state index in [9.17, 15) is 4.79 Å². The molecule has 4 aromatic rings. The lowest BCUT2D eigenvalue weighted by molar-refractivity contribution is -0.111. The van der Waals surface area contributed by atoms with Gasteiger partial charge in [-0.2, -0.15) is 0 Å². The number of para-hydroxylation sites is 1. The van der Waals surface area contributed by atoms with Crippen LogP contribution >= 0.6 is 11.6 Å². The van der Waals surface area contributed by atoms with Gasteiger partial charge in [-0.3, -0.25) is 4.79 Å². The number of rotatable bonds is 8. The van der Waals surface area contributed by atoms with Crippen LogP contribution in [0.3, 0.4) is 0 Å². The molecule has 1 saturated heterocycles. The molecule has 39 heavy (non-hydrogen) atoms. The maximum absolute atomic E-state index is 12.3. The van der Waals surface area contributed by atoms with E-state index < -0.39 is 0 Å². The summed E-state index contributed by atoms with van der Waals surface area (Å²) in [5.74, 6) is 1.10. The Hall–Kier alpha value is -4.14. The van der Waals surface area contributed by atoms with Crippen molar-refractivity contribution in [1.82, 2.24) is 14.9 Å². The number of likely N-dealkylation sites (tertiary alicyclic amines) is 1. The van der Waals surface area contributed by atoms with Crippen molar-refractivity contribution >= 4 is 45.7 Å². The molecule has 2 heterocycles. The first kappa shape index (κ1) is 26.5. The van der Waals surface area contributed by atoms with Crippen LogP contribution in [0.1, 0.15) is 12.8 Å². The highest BCUT2D eigenvalue weighted by molar-refractivity contribution is 6.30. The van der Waals surface area contributed by atoms with Crippen LogP contribution in [-0.4, -0.2) is 54.1 Å². The largest absolute Gasteiger partial charge is 0.494 e. The molecular formula is C30H30ClN5O3. The highest BCUT2D eigenvalue weighted by atomic mass is 35.5. The van der Waals surface area contributed by atoms with Crippen molar-refractivity contribution in [3.8, 4) is 22.6 Å². The molecule has 3 aromatic carbocycles. The SMILES string of the molecule is C=CC(=O)Nc1cc(Nc2ncc3cccc(-c4cccc(Cl)c4)c3n2)c(OC)cc1OC1CCN(C)CC1. The molecule has 0 atom stereocenters. The zero-order chi connectivity index (χ0) is 27.4. The van der Waals surface area contributed by atoms with Gasteiger partial charge in [0.05, 0.1) is 24.0 Å². The number of methoxy groups -OCH3 is 1. The Balaban J connectivity index is 1.50. The summed E-state index contributed by atoms with van der Waals surface area (Å²) < 4.78 is 12.0. The summed E-state index contributed by atoms with van der Waals surface area (Å²) in [5, 5.41) is 7.67. The van der Waals surface area contributed by atoms with E-state index in [1.54, 1.807) is 25.4 Å². The number of fused-ring (bicyclic) bond motifs is 1. The maximum atomic E-state index is 12.3. The Morgan fingerprint density at radius 3 is 2.64 bits per heavy atom. The predicted octanol–water partition coefficient (Wildman–Crippen LogP) is 6.30. The monoisotopic (exact) mass is 543 g/mol. The van der Waals surface area contributed by atoms with Crippen molar-refractivity contribution < 1.29 is 14.3 Å². The first-order valence-corrected chi connectivity index (χ1v) is 13.1. The fourth-order valence-electron chi connectivity index (χ4n) is 4.61. The minimum Gasteiger partial charge on any atom is -0.494 e. The molecule has 8 nitrogen and oxygen atoms in total. The number of benzene rings is 3. The Morgan fingerprint density at radius 2 is 1.90 bits per heavy atom. The number of amides is 1. The molecule has 9 heteroatoms. The molecule has 1 aliphatic heterocycles. The summed E-state index contributed by atoms with van der Waals surface area (Å²) in [5.41, 5.74) is 3.75. The molecule has 0 radical (unpaired) electrons. The van der Waals surface area contributed by atoms with Crippen LogP contribution in [0.4, 0.5) is 17.3 Å². The summed E-state index contributed by atoms with van der Waals surface area (Å²) in [6, 6.07) is 17.1. The van der Waals surface area contributed by atoms with Crippen molar-refractivity contribution in [1.29, 1.82) is 0 Å². The van der Waals surface area contributed by atoms with Gasteiger partial charge in [0.1, 0.15) is 17.6 Å². The standard InChI is InChI=1S/C30H30ClN5O3/c1-4-28(37)33-25-16-24(26(38-3)17-27(25)39-22-11-13-36(2)14-12-22)34-30-32-18-20-8-6-10-23(29(20)35-30)19-7-5-9-21(31)15-19/h4-10,15-18,22H,1,11-14H2,2-3H3,(H,33,37)(H,32,34,35). The molecule has 1 amide bonds. The number of nitrogens with one attached hydrogen (secondary N) is 2. The highest BCUT2D eigenvalue weighted by Gasteiger charge is 2.22. The molecule has 1 aliphatic rings. The second kappa shape index (κ2) is 11.7. The number of carbonyl (C=O) groups is 1. The van der Waals surface area contributed by atoms with E-state index in [1.807, 2.05) is 42.5 Å². The molecule has 2 N–H and O–H groups in total. The van der Waals surface area contributed by atoms with E-state index in [0.717, 1.165) is 48.0 Å². The number of nitrogens with zero attached hydrogens (tertiary/aromatic N) is 3. The summed E-state index contributed by atoms with van der Waals surface area (Å²) in [4.78, 5) is 23.9. The first-order chi connectivity index (χ1) is 18.9. The van der Waals surface area contributed by atoms with Gasteiger partial charge in [0, 0.05) is 41.3 Å². The maximum Gasteiger partial charge on any atom is 0.247 e.